The highest BCUT2D eigenvalue weighted by molar-refractivity contribution is 6.30. The van der Waals surface area contributed by atoms with Crippen LogP contribution in [-0.2, 0) is 4.79 Å². The van der Waals surface area contributed by atoms with E-state index in [4.69, 9.17) is 17.3 Å². The Kier molecular flexibility index (Phi) is 4.71. The molecule has 0 heterocycles. The summed E-state index contributed by atoms with van der Waals surface area (Å²) in [6.07, 6.45) is 2.19. The second-order valence-corrected chi connectivity index (χ2v) is 6.29. The Hall–Kier alpha value is -1.06. The maximum atomic E-state index is 12.7. The summed E-state index contributed by atoms with van der Waals surface area (Å²) in [5.41, 5.74) is 7.01. The van der Waals surface area contributed by atoms with Crippen molar-refractivity contribution in [1.29, 1.82) is 0 Å². The first kappa shape index (κ1) is 15.3. The lowest BCUT2D eigenvalue weighted by molar-refractivity contribution is -0.138. The maximum absolute atomic E-state index is 12.7. The van der Waals surface area contributed by atoms with Crippen LogP contribution >= 0.6 is 11.6 Å². The van der Waals surface area contributed by atoms with Gasteiger partial charge in [0.15, 0.2) is 0 Å². The summed E-state index contributed by atoms with van der Waals surface area (Å²) in [5, 5.41) is 0.717. The molecule has 1 saturated carbocycles. The first-order valence-corrected chi connectivity index (χ1v) is 7.63. The molecule has 3 atom stereocenters. The molecule has 1 aromatic rings. The molecule has 0 bridgehead atoms. The van der Waals surface area contributed by atoms with Crippen molar-refractivity contribution < 1.29 is 4.79 Å². The topological polar surface area (TPSA) is 46.3 Å². The quantitative estimate of drug-likeness (QED) is 0.905. The summed E-state index contributed by atoms with van der Waals surface area (Å²) in [5.74, 6) is 0.00954. The number of rotatable bonds is 5. The number of benzene rings is 1. The molecule has 0 aromatic heterocycles. The Morgan fingerprint density at radius 1 is 1.25 bits per heavy atom. The van der Waals surface area contributed by atoms with Gasteiger partial charge in [0.2, 0.25) is 5.91 Å². The number of hydrogen-bond donors (Lipinski definition) is 1. The zero-order chi connectivity index (χ0) is 14.9. The standard InChI is InChI=1S/C16H23ClN2O/c1-10(11(2)18)16(20)19(15-8-9-15)12(3)13-4-6-14(17)7-5-13/h4-7,10-12,15H,8-9,18H2,1-3H3. The van der Waals surface area contributed by atoms with E-state index in [1.165, 1.54) is 0 Å². The van der Waals surface area contributed by atoms with Gasteiger partial charge in [-0.2, -0.15) is 0 Å². The molecule has 1 fully saturated rings. The third kappa shape index (κ3) is 3.33. The van der Waals surface area contributed by atoms with E-state index < -0.39 is 0 Å². The van der Waals surface area contributed by atoms with E-state index in [1.54, 1.807) is 0 Å². The molecule has 1 aliphatic rings. The Bertz CT molecular complexity index is 468. The molecule has 2 rings (SSSR count). The minimum Gasteiger partial charge on any atom is -0.333 e. The van der Waals surface area contributed by atoms with Crippen LogP contribution in [0.1, 0.15) is 45.2 Å². The average molecular weight is 295 g/mol. The van der Waals surface area contributed by atoms with Gasteiger partial charge in [0.1, 0.15) is 0 Å². The molecule has 1 amide bonds. The first-order valence-electron chi connectivity index (χ1n) is 7.25. The van der Waals surface area contributed by atoms with Crippen LogP contribution in [0.25, 0.3) is 0 Å². The molecule has 0 spiro atoms. The Morgan fingerprint density at radius 3 is 2.25 bits per heavy atom. The van der Waals surface area contributed by atoms with Crippen molar-refractivity contribution in [3.05, 3.63) is 34.9 Å². The molecule has 20 heavy (non-hydrogen) atoms. The fourth-order valence-electron chi connectivity index (χ4n) is 2.40. The van der Waals surface area contributed by atoms with Gasteiger partial charge in [0, 0.05) is 17.1 Å². The second-order valence-electron chi connectivity index (χ2n) is 5.85. The van der Waals surface area contributed by atoms with Crippen LogP contribution in [0.15, 0.2) is 24.3 Å². The number of carbonyl (C=O) groups excluding carboxylic acids is 1. The van der Waals surface area contributed by atoms with Crippen molar-refractivity contribution in [2.45, 2.75) is 51.7 Å². The predicted octanol–water partition coefficient (Wildman–Crippen LogP) is 3.38. The molecule has 0 aliphatic heterocycles. The smallest absolute Gasteiger partial charge is 0.227 e. The van der Waals surface area contributed by atoms with Crippen LogP contribution in [0.4, 0.5) is 0 Å². The Labute approximate surface area is 126 Å². The zero-order valence-electron chi connectivity index (χ0n) is 12.3. The number of hydrogen-bond acceptors (Lipinski definition) is 2. The number of carbonyl (C=O) groups is 1. The van der Waals surface area contributed by atoms with E-state index in [1.807, 2.05) is 43.0 Å². The van der Waals surface area contributed by atoms with Gasteiger partial charge in [-0.15, -0.1) is 0 Å². The van der Waals surface area contributed by atoms with Crippen molar-refractivity contribution in [3.8, 4) is 0 Å². The van der Waals surface area contributed by atoms with Crippen molar-refractivity contribution in [2.24, 2.45) is 11.7 Å². The lowest BCUT2D eigenvalue weighted by Crippen LogP contribution is -2.44. The van der Waals surface area contributed by atoms with Gasteiger partial charge in [0.05, 0.1) is 12.0 Å². The van der Waals surface area contributed by atoms with Gasteiger partial charge in [-0.05, 0) is 44.4 Å². The molecule has 1 aromatic carbocycles. The molecule has 110 valence electrons. The fraction of sp³-hybridized carbons (Fsp3) is 0.562. The third-order valence-corrected chi connectivity index (χ3v) is 4.39. The molecule has 0 radical (unpaired) electrons. The highest BCUT2D eigenvalue weighted by atomic mass is 35.5. The van der Waals surface area contributed by atoms with Crippen molar-refractivity contribution in [3.63, 3.8) is 0 Å². The van der Waals surface area contributed by atoms with E-state index in [0.717, 1.165) is 18.4 Å². The molecule has 2 N–H and O–H groups in total. The van der Waals surface area contributed by atoms with Crippen LogP contribution in [0.2, 0.25) is 5.02 Å². The largest absolute Gasteiger partial charge is 0.333 e. The SMILES string of the molecule is CC(N)C(C)C(=O)N(C1CC1)C(C)c1ccc(Cl)cc1. The minimum atomic E-state index is -0.148. The van der Waals surface area contributed by atoms with Crippen LogP contribution in [0, 0.1) is 5.92 Å². The van der Waals surface area contributed by atoms with Gasteiger partial charge in [-0.1, -0.05) is 30.7 Å². The van der Waals surface area contributed by atoms with Crippen molar-refractivity contribution in [1.82, 2.24) is 4.90 Å². The number of nitrogens with zero attached hydrogens (tertiary/aromatic N) is 1. The second kappa shape index (κ2) is 6.15. The fourth-order valence-corrected chi connectivity index (χ4v) is 2.53. The average Bonchev–Trinajstić information content (AvgIpc) is 3.23. The van der Waals surface area contributed by atoms with Crippen LogP contribution < -0.4 is 5.73 Å². The zero-order valence-corrected chi connectivity index (χ0v) is 13.1. The van der Waals surface area contributed by atoms with E-state index in [0.29, 0.717) is 11.1 Å². The highest BCUT2D eigenvalue weighted by Gasteiger charge is 2.38. The van der Waals surface area contributed by atoms with Crippen LogP contribution in [0.3, 0.4) is 0 Å². The molecular weight excluding hydrogens is 272 g/mol. The van der Waals surface area contributed by atoms with E-state index >= 15 is 0 Å². The van der Waals surface area contributed by atoms with Crippen LogP contribution in [0.5, 0.6) is 0 Å². The molecule has 3 unspecified atom stereocenters. The normalized spacial score (nSPS) is 19.2. The lowest BCUT2D eigenvalue weighted by Gasteiger charge is -2.33. The molecule has 3 nitrogen and oxygen atoms in total. The number of amides is 1. The number of nitrogens with two attached hydrogens (primary N) is 1. The summed E-state index contributed by atoms with van der Waals surface area (Å²) in [6.45, 7) is 5.88. The predicted molar refractivity (Wildman–Crippen MR) is 82.5 cm³/mol. The minimum absolute atomic E-state index is 0.0634. The molecule has 0 saturated heterocycles. The lowest BCUT2D eigenvalue weighted by atomic mass is 9.99. The molecule has 4 heteroatoms. The highest BCUT2D eigenvalue weighted by Crippen LogP contribution is 2.36. The Balaban J connectivity index is 2.20. The van der Waals surface area contributed by atoms with Gasteiger partial charge < -0.3 is 10.6 Å². The summed E-state index contributed by atoms with van der Waals surface area (Å²) in [4.78, 5) is 14.7. The van der Waals surface area contributed by atoms with Gasteiger partial charge in [0.25, 0.3) is 0 Å². The van der Waals surface area contributed by atoms with E-state index in [9.17, 15) is 4.79 Å². The third-order valence-electron chi connectivity index (χ3n) is 4.14. The summed E-state index contributed by atoms with van der Waals surface area (Å²) >= 11 is 5.93. The molecular formula is C16H23ClN2O. The van der Waals surface area contributed by atoms with E-state index in [-0.39, 0.29) is 23.9 Å². The first-order chi connectivity index (χ1) is 9.41. The summed E-state index contributed by atoms with van der Waals surface area (Å²) in [7, 11) is 0. The van der Waals surface area contributed by atoms with Crippen LogP contribution in [-0.4, -0.2) is 22.9 Å². The maximum Gasteiger partial charge on any atom is 0.227 e. The summed E-state index contributed by atoms with van der Waals surface area (Å²) < 4.78 is 0. The van der Waals surface area contributed by atoms with Gasteiger partial charge in [-0.25, -0.2) is 0 Å². The van der Waals surface area contributed by atoms with Gasteiger partial charge in [-0.3, -0.25) is 4.79 Å². The van der Waals surface area contributed by atoms with E-state index in [2.05, 4.69) is 6.92 Å². The Morgan fingerprint density at radius 2 is 1.80 bits per heavy atom. The van der Waals surface area contributed by atoms with Gasteiger partial charge >= 0.3 is 0 Å². The monoisotopic (exact) mass is 294 g/mol. The number of halogens is 1. The molecule has 1 aliphatic carbocycles. The van der Waals surface area contributed by atoms with Crippen molar-refractivity contribution >= 4 is 17.5 Å². The van der Waals surface area contributed by atoms with Crippen molar-refractivity contribution in [2.75, 3.05) is 0 Å². The summed E-state index contributed by atoms with van der Waals surface area (Å²) in [6, 6.07) is 8.04.